The van der Waals surface area contributed by atoms with Crippen LogP contribution in [-0.4, -0.2) is 31.9 Å². The van der Waals surface area contributed by atoms with Crippen molar-refractivity contribution in [2.24, 2.45) is 0 Å². The number of hydrogen-bond acceptors (Lipinski definition) is 5. The number of carbonyl (C=O) groups excluding carboxylic acids is 1. The highest BCUT2D eigenvalue weighted by atomic mass is 35.5. The molecule has 0 saturated heterocycles. The summed E-state index contributed by atoms with van der Waals surface area (Å²) >= 11 is 5.64. The quantitative estimate of drug-likeness (QED) is 0.768. The van der Waals surface area contributed by atoms with Gasteiger partial charge in [0.25, 0.3) is 9.84 Å². The van der Waals surface area contributed by atoms with E-state index in [1.165, 1.54) is 19.4 Å². The lowest BCUT2D eigenvalue weighted by Crippen LogP contribution is -2.23. The first kappa shape index (κ1) is 20.0. The van der Waals surface area contributed by atoms with Gasteiger partial charge in [0.05, 0.1) is 24.1 Å². The lowest BCUT2D eigenvalue weighted by Gasteiger charge is -2.13. The summed E-state index contributed by atoms with van der Waals surface area (Å²) in [4.78, 5) is 14.9. The van der Waals surface area contributed by atoms with Crippen molar-refractivity contribution in [3.05, 3.63) is 47.2 Å². The fourth-order valence-corrected chi connectivity index (χ4v) is 2.88. The number of nitrogens with one attached hydrogen (secondary N) is 1. The summed E-state index contributed by atoms with van der Waals surface area (Å²) in [6, 6.07) is 5.50. The van der Waals surface area contributed by atoms with Crippen LogP contribution < -0.4 is 10.1 Å². The summed E-state index contributed by atoms with van der Waals surface area (Å²) in [5, 5.41) is 2.57. The van der Waals surface area contributed by atoms with Crippen LogP contribution in [0.25, 0.3) is 0 Å². The van der Waals surface area contributed by atoms with Gasteiger partial charge in [-0.15, -0.1) is 0 Å². The Morgan fingerprint density at radius 3 is 2.50 bits per heavy atom. The first-order chi connectivity index (χ1) is 12.0. The fourth-order valence-electron chi connectivity index (χ4n) is 1.98. The van der Waals surface area contributed by atoms with Gasteiger partial charge in [-0.1, -0.05) is 17.7 Å². The molecule has 0 saturated carbocycles. The summed E-state index contributed by atoms with van der Waals surface area (Å²) in [5.41, 5.74) is -5.16. The Hall–Kier alpha value is -2.33. The maximum absolute atomic E-state index is 12.7. The van der Waals surface area contributed by atoms with Gasteiger partial charge in [-0.25, -0.2) is 13.4 Å². The van der Waals surface area contributed by atoms with E-state index in [4.69, 9.17) is 16.3 Å². The molecule has 0 atom stereocenters. The van der Waals surface area contributed by atoms with Gasteiger partial charge in [-0.05, 0) is 29.8 Å². The van der Waals surface area contributed by atoms with Crippen molar-refractivity contribution in [2.45, 2.75) is 16.8 Å². The normalized spacial score (nSPS) is 11.9. The van der Waals surface area contributed by atoms with Crippen LogP contribution in [0.15, 0.2) is 41.4 Å². The van der Waals surface area contributed by atoms with Crippen LogP contribution >= 0.6 is 11.6 Å². The molecule has 0 unspecified atom stereocenters. The third kappa shape index (κ3) is 4.44. The van der Waals surface area contributed by atoms with Gasteiger partial charge in [-0.2, -0.15) is 13.2 Å². The second kappa shape index (κ2) is 7.50. The molecule has 0 aliphatic carbocycles. The first-order valence-corrected chi connectivity index (χ1v) is 8.80. The number of aromatic nitrogens is 1. The van der Waals surface area contributed by atoms with E-state index in [2.05, 4.69) is 10.3 Å². The van der Waals surface area contributed by atoms with E-state index in [0.717, 1.165) is 12.1 Å². The monoisotopic (exact) mass is 408 g/mol. The largest absolute Gasteiger partial charge is 0.501 e. The van der Waals surface area contributed by atoms with Gasteiger partial charge in [0.1, 0.15) is 10.9 Å². The van der Waals surface area contributed by atoms with Crippen molar-refractivity contribution in [3.8, 4) is 5.75 Å². The second-order valence-corrected chi connectivity index (χ2v) is 7.35. The molecule has 6 nitrogen and oxygen atoms in total. The van der Waals surface area contributed by atoms with Crippen LogP contribution in [0.2, 0.25) is 5.15 Å². The zero-order valence-electron chi connectivity index (χ0n) is 13.2. The molecule has 0 radical (unpaired) electrons. The average Bonchev–Trinajstić information content (AvgIpc) is 2.55. The number of nitrogens with zero attached hydrogens (tertiary/aromatic N) is 1. The number of hydrogen-bond donors (Lipinski definition) is 1. The molecule has 11 heteroatoms. The zero-order valence-corrected chi connectivity index (χ0v) is 14.7. The third-order valence-electron chi connectivity index (χ3n) is 3.21. The number of rotatable bonds is 5. The highest BCUT2D eigenvalue weighted by molar-refractivity contribution is 7.92. The number of ether oxygens (including phenoxy) is 1. The number of alkyl halides is 3. The predicted molar refractivity (Wildman–Crippen MR) is 87.8 cm³/mol. The van der Waals surface area contributed by atoms with Crippen LogP contribution in [0.4, 0.5) is 18.9 Å². The molecular weight excluding hydrogens is 397 g/mol. The van der Waals surface area contributed by atoms with E-state index in [-0.39, 0.29) is 23.0 Å². The summed E-state index contributed by atoms with van der Waals surface area (Å²) < 4.78 is 66.0. The third-order valence-corrected chi connectivity index (χ3v) is 4.92. The average molecular weight is 409 g/mol. The number of amides is 1. The molecule has 0 fully saturated rings. The molecule has 1 amide bonds. The molecule has 0 spiro atoms. The standard InChI is InChI=1S/C15H12ClF3N2O4S/c1-25-12-4-3-10(26(23,24)15(17,18)19)7-11(12)21-14(22)6-9-2-5-13(16)20-8-9/h2-5,7-8H,6H2,1H3,(H,21,22). The Labute approximate surface area is 151 Å². The van der Waals surface area contributed by atoms with Crippen molar-refractivity contribution in [1.29, 1.82) is 0 Å². The molecule has 0 aliphatic heterocycles. The summed E-state index contributed by atoms with van der Waals surface area (Å²) in [6.45, 7) is 0. The molecule has 1 heterocycles. The highest BCUT2D eigenvalue weighted by Crippen LogP contribution is 2.34. The molecular formula is C15H12ClF3N2O4S. The van der Waals surface area contributed by atoms with Gasteiger partial charge < -0.3 is 10.1 Å². The lowest BCUT2D eigenvalue weighted by atomic mass is 10.2. The number of methoxy groups -OCH3 is 1. The van der Waals surface area contributed by atoms with Crippen LogP contribution in [0, 0.1) is 0 Å². The van der Waals surface area contributed by atoms with Crippen molar-refractivity contribution in [3.63, 3.8) is 0 Å². The molecule has 0 bridgehead atoms. The number of pyridine rings is 1. The number of sulfone groups is 1. The summed E-state index contributed by atoms with van der Waals surface area (Å²) in [7, 11) is -4.33. The Morgan fingerprint density at radius 2 is 1.96 bits per heavy atom. The van der Waals surface area contributed by atoms with E-state index in [0.29, 0.717) is 11.6 Å². The smallest absolute Gasteiger partial charge is 0.495 e. The van der Waals surface area contributed by atoms with E-state index in [1.54, 1.807) is 6.07 Å². The van der Waals surface area contributed by atoms with Crippen LogP contribution in [0.1, 0.15) is 5.56 Å². The molecule has 26 heavy (non-hydrogen) atoms. The first-order valence-electron chi connectivity index (χ1n) is 6.94. The van der Waals surface area contributed by atoms with E-state index >= 15 is 0 Å². The molecule has 2 rings (SSSR count). The van der Waals surface area contributed by atoms with Crippen LogP contribution in [0.5, 0.6) is 5.75 Å². The number of anilines is 1. The highest BCUT2D eigenvalue weighted by Gasteiger charge is 2.47. The summed E-state index contributed by atoms with van der Waals surface area (Å²) in [6.07, 6.45) is 1.22. The van der Waals surface area contributed by atoms with Gasteiger partial charge in [0.15, 0.2) is 0 Å². The number of halogens is 4. The van der Waals surface area contributed by atoms with Crippen molar-refractivity contribution in [1.82, 2.24) is 4.98 Å². The Kier molecular flexibility index (Phi) is 5.77. The predicted octanol–water partition coefficient (Wildman–Crippen LogP) is 3.22. The minimum atomic E-state index is -5.55. The van der Waals surface area contributed by atoms with Gasteiger partial charge in [0, 0.05) is 6.20 Å². The topological polar surface area (TPSA) is 85.4 Å². The van der Waals surface area contributed by atoms with Crippen LogP contribution in [-0.2, 0) is 21.1 Å². The molecule has 1 aromatic heterocycles. The lowest BCUT2D eigenvalue weighted by molar-refractivity contribution is -0.115. The maximum atomic E-state index is 12.7. The second-order valence-electron chi connectivity index (χ2n) is 5.03. The fraction of sp³-hybridized carbons (Fsp3) is 0.200. The van der Waals surface area contributed by atoms with Crippen LogP contribution in [0.3, 0.4) is 0 Å². The van der Waals surface area contributed by atoms with E-state index in [1.807, 2.05) is 0 Å². The molecule has 1 N–H and O–H groups in total. The minimum Gasteiger partial charge on any atom is -0.495 e. The van der Waals surface area contributed by atoms with Gasteiger partial charge in [-0.3, -0.25) is 4.79 Å². The zero-order chi connectivity index (χ0) is 19.5. The van der Waals surface area contributed by atoms with Gasteiger partial charge in [0.2, 0.25) is 5.91 Å². The van der Waals surface area contributed by atoms with E-state index < -0.39 is 26.1 Å². The Morgan fingerprint density at radius 1 is 1.27 bits per heavy atom. The number of carbonyl (C=O) groups is 1. The molecule has 2 aromatic rings. The number of benzene rings is 1. The van der Waals surface area contributed by atoms with Crippen molar-refractivity contribution < 1.29 is 31.1 Å². The molecule has 140 valence electrons. The van der Waals surface area contributed by atoms with E-state index in [9.17, 15) is 26.4 Å². The minimum absolute atomic E-state index is 0.00806. The van der Waals surface area contributed by atoms with Crippen molar-refractivity contribution >= 4 is 33.0 Å². The Bertz CT molecular complexity index is 915. The maximum Gasteiger partial charge on any atom is 0.501 e. The Balaban J connectivity index is 2.28. The van der Waals surface area contributed by atoms with Gasteiger partial charge >= 0.3 is 5.51 Å². The molecule has 0 aliphatic rings. The van der Waals surface area contributed by atoms with Crippen molar-refractivity contribution in [2.75, 3.05) is 12.4 Å². The SMILES string of the molecule is COc1ccc(S(=O)(=O)C(F)(F)F)cc1NC(=O)Cc1ccc(Cl)nc1. The summed E-state index contributed by atoms with van der Waals surface area (Å²) in [5.74, 6) is -0.595. The molecule has 1 aromatic carbocycles.